The number of benzene rings is 2. The molecule has 1 unspecified atom stereocenters. The van der Waals surface area contributed by atoms with Gasteiger partial charge in [-0.1, -0.05) is 24.3 Å². The third kappa shape index (κ3) is 2.51. The summed E-state index contributed by atoms with van der Waals surface area (Å²) in [6.45, 7) is 0. The quantitative estimate of drug-likeness (QED) is 0.818. The molecule has 0 N–H and O–H groups in total. The Kier molecular flexibility index (Phi) is 3.64. The van der Waals surface area contributed by atoms with Gasteiger partial charge in [-0.25, -0.2) is 8.42 Å². The highest BCUT2D eigenvalue weighted by molar-refractivity contribution is 7.91. The molecule has 3 nitrogen and oxygen atoms in total. The van der Waals surface area contributed by atoms with Crippen molar-refractivity contribution in [3.63, 3.8) is 0 Å². The molecule has 0 aromatic heterocycles. The average molecular weight is 300 g/mol. The minimum absolute atomic E-state index is 0.181. The van der Waals surface area contributed by atoms with Crippen LogP contribution in [-0.2, 0) is 21.1 Å². The summed E-state index contributed by atoms with van der Waals surface area (Å²) in [4.78, 5) is 11.8. The molecule has 0 radical (unpaired) electrons. The maximum absolute atomic E-state index is 12.6. The molecule has 0 bridgehead atoms. The lowest BCUT2D eigenvalue weighted by Gasteiger charge is -2.22. The van der Waals surface area contributed by atoms with Crippen molar-refractivity contribution in [2.24, 2.45) is 0 Å². The van der Waals surface area contributed by atoms with Crippen molar-refractivity contribution < 1.29 is 13.2 Å². The highest BCUT2D eigenvalue weighted by Gasteiger charge is 2.24. The van der Waals surface area contributed by atoms with E-state index in [9.17, 15) is 13.2 Å². The van der Waals surface area contributed by atoms with E-state index < -0.39 is 9.84 Å². The first kappa shape index (κ1) is 14.0. The lowest BCUT2D eigenvalue weighted by molar-refractivity contribution is -0.109. The van der Waals surface area contributed by atoms with Gasteiger partial charge in [0.2, 0.25) is 9.84 Å². The van der Waals surface area contributed by atoms with Gasteiger partial charge in [-0.3, -0.25) is 0 Å². The van der Waals surface area contributed by atoms with Gasteiger partial charge in [-0.05, 0) is 54.7 Å². The molecule has 21 heavy (non-hydrogen) atoms. The van der Waals surface area contributed by atoms with Crippen molar-refractivity contribution in [1.82, 2.24) is 0 Å². The number of sulfone groups is 1. The molecule has 1 atom stereocenters. The van der Waals surface area contributed by atoms with Crippen molar-refractivity contribution in [2.45, 2.75) is 35.0 Å². The fourth-order valence-electron chi connectivity index (χ4n) is 2.86. The van der Waals surface area contributed by atoms with E-state index in [1.165, 1.54) is 0 Å². The van der Waals surface area contributed by atoms with Gasteiger partial charge in [0.1, 0.15) is 6.29 Å². The molecule has 0 amide bonds. The van der Waals surface area contributed by atoms with Gasteiger partial charge in [-0.15, -0.1) is 0 Å². The van der Waals surface area contributed by atoms with Crippen LogP contribution in [0.1, 0.15) is 29.9 Å². The summed E-state index contributed by atoms with van der Waals surface area (Å²) in [5, 5.41) is 0. The van der Waals surface area contributed by atoms with Crippen LogP contribution in [0, 0.1) is 0 Å². The van der Waals surface area contributed by atoms with Gasteiger partial charge in [0, 0.05) is 5.92 Å². The molecule has 1 aliphatic rings. The monoisotopic (exact) mass is 300 g/mol. The van der Waals surface area contributed by atoms with E-state index in [1.54, 1.807) is 42.5 Å². The Labute approximate surface area is 124 Å². The van der Waals surface area contributed by atoms with E-state index in [-0.39, 0.29) is 15.7 Å². The van der Waals surface area contributed by atoms with Crippen LogP contribution in [0.15, 0.2) is 58.3 Å². The minimum Gasteiger partial charge on any atom is -0.303 e. The van der Waals surface area contributed by atoms with E-state index >= 15 is 0 Å². The lowest BCUT2D eigenvalue weighted by atomic mass is 9.84. The summed E-state index contributed by atoms with van der Waals surface area (Å²) in [6.07, 6.45) is 3.61. The molecule has 0 aliphatic heterocycles. The smallest absolute Gasteiger partial charge is 0.206 e. The van der Waals surface area contributed by atoms with E-state index in [4.69, 9.17) is 0 Å². The number of rotatable bonds is 3. The van der Waals surface area contributed by atoms with E-state index in [2.05, 4.69) is 0 Å². The zero-order chi connectivity index (χ0) is 14.9. The highest BCUT2D eigenvalue weighted by atomic mass is 32.2. The Morgan fingerprint density at radius 1 is 1.00 bits per heavy atom. The van der Waals surface area contributed by atoms with Crippen molar-refractivity contribution in [3.05, 3.63) is 59.7 Å². The Balaban J connectivity index is 2.10. The van der Waals surface area contributed by atoms with Crippen LogP contribution >= 0.6 is 0 Å². The van der Waals surface area contributed by atoms with Gasteiger partial charge in [0.15, 0.2) is 0 Å². The summed E-state index contributed by atoms with van der Waals surface area (Å²) in [5.41, 5.74) is 1.96. The number of carbonyl (C=O) groups excluding carboxylic acids is 1. The topological polar surface area (TPSA) is 51.2 Å². The molecule has 0 heterocycles. The lowest BCUT2D eigenvalue weighted by Crippen LogP contribution is -2.12. The van der Waals surface area contributed by atoms with Crippen LogP contribution in [0.3, 0.4) is 0 Å². The number of aryl methyl sites for hydroxylation is 1. The molecule has 0 saturated carbocycles. The molecule has 1 aliphatic carbocycles. The third-order valence-corrected chi connectivity index (χ3v) is 5.77. The molecule has 108 valence electrons. The second kappa shape index (κ2) is 5.45. The van der Waals surface area contributed by atoms with Crippen molar-refractivity contribution in [1.29, 1.82) is 0 Å². The molecule has 0 saturated heterocycles. The summed E-state index contributed by atoms with van der Waals surface area (Å²) in [6, 6.07) is 13.6. The summed E-state index contributed by atoms with van der Waals surface area (Å²) >= 11 is 0. The van der Waals surface area contributed by atoms with Crippen LogP contribution in [0.25, 0.3) is 0 Å². The van der Waals surface area contributed by atoms with Gasteiger partial charge >= 0.3 is 0 Å². The molecular weight excluding hydrogens is 284 g/mol. The molecule has 2 aromatic carbocycles. The Morgan fingerprint density at radius 2 is 1.76 bits per heavy atom. The predicted molar refractivity (Wildman–Crippen MR) is 80.1 cm³/mol. The van der Waals surface area contributed by atoms with Gasteiger partial charge in [0.25, 0.3) is 0 Å². The fraction of sp³-hybridized carbons (Fsp3) is 0.235. The zero-order valence-electron chi connectivity index (χ0n) is 11.5. The maximum atomic E-state index is 12.6. The van der Waals surface area contributed by atoms with Crippen LogP contribution in [0.2, 0.25) is 0 Å². The standard InChI is InChI=1S/C17H16O3S/c18-12-14-6-4-5-13-9-10-16(11-17(13)14)21(19,20)15-7-2-1-3-8-15/h1-3,7-12,14H,4-6H2. The van der Waals surface area contributed by atoms with E-state index in [0.29, 0.717) is 0 Å². The first-order valence-corrected chi connectivity index (χ1v) is 8.49. The van der Waals surface area contributed by atoms with E-state index in [0.717, 1.165) is 36.7 Å². The van der Waals surface area contributed by atoms with Gasteiger partial charge in [-0.2, -0.15) is 0 Å². The number of hydrogen-bond donors (Lipinski definition) is 0. The number of carbonyl (C=O) groups is 1. The first-order valence-electron chi connectivity index (χ1n) is 7.01. The molecular formula is C17H16O3S. The molecule has 0 fully saturated rings. The Bertz CT molecular complexity index is 764. The Morgan fingerprint density at radius 3 is 2.48 bits per heavy atom. The van der Waals surface area contributed by atoms with Crippen molar-refractivity contribution >= 4 is 16.1 Å². The summed E-state index contributed by atoms with van der Waals surface area (Å²) in [5.74, 6) is -0.181. The SMILES string of the molecule is O=CC1CCCc2ccc(S(=O)(=O)c3ccccc3)cc21. The fourth-order valence-corrected chi connectivity index (χ4v) is 4.17. The predicted octanol–water partition coefficient (Wildman–Crippen LogP) is 3.14. The normalized spacial score (nSPS) is 18.0. The maximum Gasteiger partial charge on any atom is 0.206 e. The van der Waals surface area contributed by atoms with Crippen LogP contribution in [0.4, 0.5) is 0 Å². The Hall–Kier alpha value is -1.94. The van der Waals surface area contributed by atoms with Crippen molar-refractivity contribution in [3.8, 4) is 0 Å². The minimum atomic E-state index is -3.52. The average Bonchev–Trinajstić information content (AvgIpc) is 2.54. The number of hydrogen-bond acceptors (Lipinski definition) is 3. The third-order valence-electron chi connectivity index (χ3n) is 4.01. The zero-order valence-corrected chi connectivity index (χ0v) is 12.3. The first-order chi connectivity index (χ1) is 10.1. The summed E-state index contributed by atoms with van der Waals surface area (Å²) < 4.78 is 25.3. The van der Waals surface area contributed by atoms with Crippen LogP contribution in [-0.4, -0.2) is 14.7 Å². The molecule has 2 aromatic rings. The summed E-state index contributed by atoms with van der Waals surface area (Å²) in [7, 11) is -3.52. The number of fused-ring (bicyclic) bond motifs is 1. The van der Waals surface area contributed by atoms with Crippen LogP contribution in [0.5, 0.6) is 0 Å². The molecule has 0 spiro atoms. The number of aldehydes is 1. The van der Waals surface area contributed by atoms with Crippen LogP contribution < -0.4 is 0 Å². The molecule has 4 heteroatoms. The molecule has 3 rings (SSSR count). The van der Waals surface area contributed by atoms with Gasteiger partial charge in [0.05, 0.1) is 9.79 Å². The van der Waals surface area contributed by atoms with Crippen molar-refractivity contribution in [2.75, 3.05) is 0 Å². The second-order valence-corrected chi connectivity index (χ2v) is 7.26. The highest BCUT2D eigenvalue weighted by Crippen LogP contribution is 2.33. The second-order valence-electron chi connectivity index (χ2n) is 5.31. The van der Waals surface area contributed by atoms with Gasteiger partial charge < -0.3 is 4.79 Å². The largest absolute Gasteiger partial charge is 0.303 e. The van der Waals surface area contributed by atoms with E-state index in [1.807, 2.05) is 6.07 Å².